The number of carbonyl (C=O) groups excluding carboxylic acids is 1. The van der Waals surface area contributed by atoms with Crippen molar-refractivity contribution >= 4 is 5.91 Å². The van der Waals surface area contributed by atoms with Crippen LogP contribution in [0.4, 0.5) is 0 Å². The van der Waals surface area contributed by atoms with E-state index < -0.39 is 0 Å². The molecule has 1 aliphatic carbocycles. The molecule has 0 radical (unpaired) electrons. The highest BCUT2D eigenvalue weighted by Gasteiger charge is 2.27. The van der Waals surface area contributed by atoms with Crippen molar-refractivity contribution in [2.45, 2.75) is 25.3 Å². The number of ether oxygens (including phenoxy) is 2. The molecule has 2 heterocycles. The van der Waals surface area contributed by atoms with Crippen LogP contribution in [0.5, 0.6) is 11.5 Å². The van der Waals surface area contributed by atoms with Gasteiger partial charge in [-0.15, -0.1) is 0 Å². The summed E-state index contributed by atoms with van der Waals surface area (Å²) in [5.41, 5.74) is 2.85. The number of fused-ring (bicyclic) bond motifs is 2. The predicted molar refractivity (Wildman–Crippen MR) is 83.8 cm³/mol. The maximum Gasteiger partial charge on any atom is 0.255 e. The number of aromatic nitrogens is 2. The van der Waals surface area contributed by atoms with Gasteiger partial charge in [0.2, 0.25) is 0 Å². The second kappa shape index (κ2) is 5.61. The van der Waals surface area contributed by atoms with E-state index in [1.54, 1.807) is 6.07 Å². The van der Waals surface area contributed by atoms with Gasteiger partial charge < -0.3 is 14.8 Å². The van der Waals surface area contributed by atoms with Gasteiger partial charge >= 0.3 is 0 Å². The molecule has 1 amide bonds. The van der Waals surface area contributed by atoms with E-state index in [0.717, 1.165) is 24.8 Å². The van der Waals surface area contributed by atoms with E-state index in [4.69, 9.17) is 9.47 Å². The zero-order chi connectivity index (χ0) is 15.8. The van der Waals surface area contributed by atoms with Gasteiger partial charge in [0.05, 0.1) is 17.8 Å². The van der Waals surface area contributed by atoms with Crippen LogP contribution in [0.25, 0.3) is 0 Å². The number of hydrogen-bond donors (Lipinski definition) is 1. The fraction of sp³-hybridized carbons (Fsp3) is 0.412. The first-order valence-corrected chi connectivity index (χ1v) is 7.94. The van der Waals surface area contributed by atoms with E-state index in [1.165, 1.54) is 5.69 Å². The van der Waals surface area contributed by atoms with E-state index in [-0.39, 0.29) is 11.9 Å². The van der Waals surface area contributed by atoms with E-state index in [1.807, 2.05) is 30.1 Å². The van der Waals surface area contributed by atoms with E-state index >= 15 is 0 Å². The standard InChI is InChI=1S/C17H19N3O3/c1-20-14-6-3-5-13(12(14)10-18-20)19-17(21)11-4-2-7-15-16(11)23-9-8-22-15/h2,4,7,10,13H,3,5-6,8-9H2,1H3,(H,19,21). The van der Waals surface area contributed by atoms with Gasteiger partial charge in [0.15, 0.2) is 11.5 Å². The normalized spacial score (nSPS) is 19.1. The average molecular weight is 313 g/mol. The smallest absolute Gasteiger partial charge is 0.255 e. The van der Waals surface area contributed by atoms with Crippen LogP contribution < -0.4 is 14.8 Å². The van der Waals surface area contributed by atoms with Gasteiger partial charge in [-0.3, -0.25) is 9.48 Å². The van der Waals surface area contributed by atoms with Crippen LogP contribution in [0.1, 0.15) is 40.5 Å². The quantitative estimate of drug-likeness (QED) is 0.921. The SMILES string of the molecule is Cn1ncc2c1CCCC2NC(=O)c1cccc2c1OCCO2. The summed E-state index contributed by atoms with van der Waals surface area (Å²) in [4.78, 5) is 12.7. The van der Waals surface area contributed by atoms with E-state index in [2.05, 4.69) is 10.4 Å². The lowest BCUT2D eigenvalue weighted by atomic mass is 9.92. The lowest BCUT2D eigenvalue weighted by Gasteiger charge is -2.25. The minimum atomic E-state index is -0.131. The van der Waals surface area contributed by atoms with Crippen LogP contribution in [0.3, 0.4) is 0 Å². The number of carbonyl (C=O) groups is 1. The first kappa shape index (κ1) is 14.1. The number of nitrogens with zero attached hydrogens (tertiary/aromatic N) is 2. The lowest BCUT2D eigenvalue weighted by Crippen LogP contribution is -2.31. The molecule has 1 aromatic heterocycles. The second-order valence-electron chi connectivity index (χ2n) is 5.92. The van der Waals surface area contributed by atoms with E-state index in [9.17, 15) is 4.79 Å². The van der Waals surface area contributed by atoms with Gasteiger partial charge in [-0.1, -0.05) is 6.07 Å². The average Bonchev–Trinajstić information content (AvgIpc) is 2.97. The van der Waals surface area contributed by atoms with Gasteiger partial charge in [0.25, 0.3) is 5.91 Å². The van der Waals surface area contributed by atoms with Crippen molar-refractivity contribution in [1.29, 1.82) is 0 Å². The van der Waals surface area contributed by atoms with Crippen molar-refractivity contribution < 1.29 is 14.3 Å². The molecule has 1 aliphatic heterocycles. The van der Waals surface area contributed by atoms with Gasteiger partial charge in [0, 0.05) is 18.3 Å². The van der Waals surface area contributed by atoms with Gasteiger partial charge in [-0.25, -0.2) is 0 Å². The molecule has 1 N–H and O–H groups in total. The third-order valence-corrected chi connectivity index (χ3v) is 4.49. The predicted octanol–water partition coefficient (Wildman–Crippen LogP) is 2.00. The van der Waals surface area contributed by atoms with Crippen LogP contribution in [-0.2, 0) is 13.5 Å². The van der Waals surface area contributed by atoms with Gasteiger partial charge in [-0.2, -0.15) is 5.10 Å². The molecule has 1 unspecified atom stereocenters. The molecular formula is C17H19N3O3. The molecule has 0 spiro atoms. The fourth-order valence-electron chi connectivity index (χ4n) is 3.34. The Kier molecular flexibility index (Phi) is 3.44. The molecule has 23 heavy (non-hydrogen) atoms. The summed E-state index contributed by atoms with van der Waals surface area (Å²) in [5, 5.41) is 7.45. The fourth-order valence-corrected chi connectivity index (χ4v) is 3.34. The highest BCUT2D eigenvalue weighted by atomic mass is 16.6. The van der Waals surface area contributed by atoms with Crippen LogP contribution in [0, 0.1) is 0 Å². The number of benzene rings is 1. The van der Waals surface area contributed by atoms with Crippen molar-refractivity contribution in [3.8, 4) is 11.5 Å². The van der Waals surface area contributed by atoms with Crippen LogP contribution in [-0.4, -0.2) is 28.9 Å². The number of hydrogen-bond acceptors (Lipinski definition) is 4. The Morgan fingerprint density at radius 2 is 2.22 bits per heavy atom. The lowest BCUT2D eigenvalue weighted by molar-refractivity contribution is 0.0921. The Bertz CT molecular complexity index is 754. The molecule has 0 bridgehead atoms. The minimum absolute atomic E-state index is 0.000292. The highest BCUT2D eigenvalue weighted by Crippen LogP contribution is 2.35. The number of amides is 1. The molecule has 0 fully saturated rings. The van der Waals surface area contributed by atoms with Crippen molar-refractivity contribution in [3.63, 3.8) is 0 Å². The van der Waals surface area contributed by atoms with Crippen LogP contribution in [0.15, 0.2) is 24.4 Å². The van der Waals surface area contributed by atoms with Crippen LogP contribution in [0.2, 0.25) is 0 Å². The first-order chi connectivity index (χ1) is 11.2. The highest BCUT2D eigenvalue weighted by molar-refractivity contribution is 5.98. The largest absolute Gasteiger partial charge is 0.486 e. The maximum absolute atomic E-state index is 12.7. The monoisotopic (exact) mass is 313 g/mol. The Morgan fingerprint density at radius 3 is 3.13 bits per heavy atom. The first-order valence-electron chi connectivity index (χ1n) is 7.94. The summed E-state index contributed by atoms with van der Waals surface area (Å²) in [6.45, 7) is 0.979. The van der Waals surface area contributed by atoms with Crippen LogP contribution >= 0.6 is 0 Å². The Balaban J connectivity index is 1.60. The van der Waals surface area contributed by atoms with Gasteiger partial charge in [0.1, 0.15) is 13.2 Å². The number of rotatable bonds is 2. The van der Waals surface area contributed by atoms with Crippen molar-refractivity contribution in [1.82, 2.24) is 15.1 Å². The molecule has 6 nitrogen and oxygen atoms in total. The molecule has 1 aromatic carbocycles. The third-order valence-electron chi connectivity index (χ3n) is 4.49. The zero-order valence-electron chi connectivity index (χ0n) is 13.0. The summed E-state index contributed by atoms with van der Waals surface area (Å²) in [7, 11) is 1.95. The second-order valence-corrected chi connectivity index (χ2v) is 5.92. The number of para-hydroxylation sites is 1. The van der Waals surface area contributed by atoms with Crippen molar-refractivity contribution in [2.75, 3.05) is 13.2 Å². The molecule has 120 valence electrons. The zero-order valence-corrected chi connectivity index (χ0v) is 13.0. The Hall–Kier alpha value is -2.50. The molecule has 0 saturated carbocycles. The molecule has 0 saturated heterocycles. The summed E-state index contributed by atoms with van der Waals surface area (Å²) in [5.74, 6) is 1.04. The summed E-state index contributed by atoms with van der Waals surface area (Å²) >= 11 is 0. The molecule has 2 aliphatic rings. The number of nitrogens with one attached hydrogen (secondary N) is 1. The molecule has 6 heteroatoms. The number of aryl methyl sites for hydroxylation is 1. The maximum atomic E-state index is 12.7. The third kappa shape index (κ3) is 2.44. The molecule has 2 aromatic rings. The summed E-state index contributed by atoms with van der Waals surface area (Å²) in [6.07, 6.45) is 4.84. The minimum Gasteiger partial charge on any atom is -0.486 e. The topological polar surface area (TPSA) is 65.4 Å². The van der Waals surface area contributed by atoms with E-state index in [0.29, 0.717) is 30.3 Å². The molecule has 1 atom stereocenters. The Labute approximate surface area is 134 Å². The van der Waals surface area contributed by atoms with Crippen molar-refractivity contribution in [2.24, 2.45) is 7.05 Å². The van der Waals surface area contributed by atoms with Gasteiger partial charge in [-0.05, 0) is 31.4 Å². The molecular weight excluding hydrogens is 294 g/mol. The molecule has 4 rings (SSSR count). The summed E-state index contributed by atoms with van der Waals surface area (Å²) in [6, 6.07) is 5.42. The summed E-state index contributed by atoms with van der Waals surface area (Å²) < 4.78 is 13.1. The Morgan fingerprint density at radius 1 is 1.35 bits per heavy atom. The van der Waals surface area contributed by atoms with Crippen molar-refractivity contribution in [3.05, 3.63) is 41.2 Å².